The number of primary sulfonamides is 1. The van der Waals surface area contributed by atoms with Crippen LogP contribution in [-0.2, 0) is 29.6 Å². The highest BCUT2D eigenvalue weighted by molar-refractivity contribution is 7.89. The van der Waals surface area contributed by atoms with E-state index in [2.05, 4.69) is 5.32 Å². The number of esters is 1. The van der Waals surface area contributed by atoms with Gasteiger partial charge >= 0.3 is 5.97 Å². The van der Waals surface area contributed by atoms with Gasteiger partial charge in [-0.3, -0.25) is 4.79 Å². The topological polar surface area (TPSA) is 153 Å². The first-order valence-corrected chi connectivity index (χ1v) is 12.7. The lowest BCUT2D eigenvalue weighted by Gasteiger charge is -2.16. The van der Waals surface area contributed by atoms with Gasteiger partial charge in [-0.05, 0) is 62.2 Å². The summed E-state index contributed by atoms with van der Waals surface area (Å²) in [5, 5.41) is 7.52. The Kier molecular flexibility index (Phi) is 6.98. The molecule has 12 heteroatoms. The lowest BCUT2D eigenvalue weighted by molar-refractivity contribution is -0.123. The predicted octanol–water partition coefficient (Wildman–Crippen LogP) is 1.30. The zero-order valence-electron chi connectivity index (χ0n) is 17.2. The van der Waals surface area contributed by atoms with E-state index in [-0.39, 0.29) is 21.0 Å². The van der Waals surface area contributed by atoms with Gasteiger partial charge < -0.3 is 10.1 Å². The van der Waals surface area contributed by atoms with E-state index in [0.29, 0.717) is 13.1 Å². The van der Waals surface area contributed by atoms with Crippen LogP contribution < -0.4 is 10.5 Å². The van der Waals surface area contributed by atoms with Crippen molar-refractivity contribution in [3.05, 3.63) is 54.1 Å². The Labute approximate surface area is 186 Å². The molecule has 1 heterocycles. The Hall–Kier alpha value is -2.80. The van der Waals surface area contributed by atoms with Gasteiger partial charge in [-0.25, -0.2) is 26.8 Å². The zero-order chi connectivity index (χ0) is 23.5. The van der Waals surface area contributed by atoms with Crippen LogP contribution in [0.4, 0.5) is 5.69 Å². The maximum Gasteiger partial charge on any atom is 0.338 e. The molecule has 3 rings (SSSR count). The summed E-state index contributed by atoms with van der Waals surface area (Å²) in [5.41, 5.74) is 0.284. The van der Waals surface area contributed by atoms with E-state index in [4.69, 9.17) is 9.88 Å². The monoisotopic (exact) mass is 481 g/mol. The van der Waals surface area contributed by atoms with Crippen molar-refractivity contribution >= 4 is 37.6 Å². The minimum Gasteiger partial charge on any atom is -0.449 e. The summed E-state index contributed by atoms with van der Waals surface area (Å²) in [6, 6.07) is 10.6. The predicted molar refractivity (Wildman–Crippen MR) is 116 cm³/mol. The number of sulfonamides is 2. The molecule has 3 N–H and O–H groups in total. The molecule has 172 valence electrons. The number of benzene rings is 2. The number of nitrogens with two attached hydrogens (primary N) is 1. The van der Waals surface area contributed by atoms with Crippen LogP contribution in [0.1, 0.15) is 30.1 Å². The molecule has 2 aromatic carbocycles. The van der Waals surface area contributed by atoms with Crippen molar-refractivity contribution in [2.75, 3.05) is 18.4 Å². The molecule has 0 aliphatic carbocycles. The Morgan fingerprint density at radius 2 is 1.62 bits per heavy atom. The molecule has 0 spiro atoms. The highest BCUT2D eigenvalue weighted by atomic mass is 32.2. The summed E-state index contributed by atoms with van der Waals surface area (Å²) in [7, 11) is -7.56. The van der Waals surface area contributed by atoms with E-state index in [9.17, 15) is 26.4 Å². The van der Waals surface area contributed by atoms with Crippen LogP contribution in [0.5, 0.6) is 0 Å². The van der Waals surface area contributed by atoms with Gasteiger partial charge in [0.1, 0.15) is 0 Å². The normalized spacial score (nSPS) is 15.8. The number of hydrogen-bond donors (Lipinski definition) is 2. The van der Waals surface area contributed by atoms with Gasteiger partial charge in [0.15, 0.2) is 6.10 Å². The average molecular weight is 482 g/mol. The number of carbonyl (C=O) groups is 2. The van der Waals surface area contributed by atoms with Gasteiger partial charge in [0, 0.05) is 18.8 Å². The Morgan fingerprint density at radius 3 is 2.22 bits per heavy atom. The second kappa shape index (κ2) is 9.36. The Morgan fingerprint density at radius 1 is 1.00 bits per heavy atom. The summed E-state index contributed by atoms with van der Waals surface area (Å²) in [4.78, 5) is 24.7. The number of ether oxygens (including phenoxy) is 1. The fraction of sp³-hybridized carbons (Fsp3) is 0.300. The Bertz CT molecular complexity index is 1220. The standard InChI is InChI=1S/C20H23N3O7S2/c1-14(19(24)22-16-7-9-17(10-8-16)31(21,26)27)30-20(25)15-5-4-6-18(13-15)32(28,29)23-11-2-3-12-23/h4-10,13-14H,2-3,11-12H2,1H3,(H,22,24)(H2,21,26,27). The summed E-state index contributed by atoms with van der Waals surface area (Å²) in [6.45, 7) is 2.23. The lowest BCUT2D eigenvalue weighted by Crippen LogP contribution is -2.30. The third kappa shape index (κ3) is 5.51. The van der Waals surface area contributed by atoms with Crippen LogP contribution in [0.25, 0.3) is 0 Å². The van der Waals surface area contributed by atoms with Gasteiger partial charge in [0.05, 0.1) is 15.4 Å². The Balaban J connectivity index is 1.65. The van der Waals surface area contributed by atoms with Crippen molar-refractivity contribution in [2.24, 2.45) is 5.14 Å². The molecule has 1 fully saturated rings. The third-order valence-corrected chi connectivity index (χ3v) is 7.70. The molecular weight excluding hydrogens is 458 g/mol. The van der Waals surface area contributed by atoms with Crippen LogP contribution in [0.2, 0.25) is 0 Å². The largest absolute Gasteiger partial charge is 0.449 e. The summed E-state index contributed by atoms with van der Waals surface area (Å²) in [5.74, 6) is -1.50. The average Bonchev–Trinajstić information content (AvgIpc) is 3.29. The zero-order valence-corrected chi connectivity index (χ0v) is 18.9. The fourth-order valence-electron chi connectivity index (χ4n) is 3.12. The first kappa shape index (κ1) is 23.9. The lowest BCUT2D eigenvalue weighted by atomic mass is 10.2. The molecule has 0 bridgehead atoms. The van der Waals surface area contributed by atoms with Crippen LogP contribution in [0, 0.1) is 0 Å². The number of nitrogens with zero attached hydrogens (tertiary/aromatic N) is 1. The highest BCUT2D eigenvalue weighted by Crippen LogP contribution is 2.22. The molecule has 1 aliphatic heterocycles. The molecule has 1 saturated heterocycles. The van der Waals surface area contributed by atoms with Crippen LogP contribution in [0.15, 0.2) is 58.3 Å². The quantitative estimate of drug-likeness (QED) is 0.565. The first-order chi connectivity index (χ1) is 15.0. The molecule has 32 heavy (non-hydrogen) atoms. The summed E-state index contributed by atoms with van der Waals surface area (Å²) >= 11 is 0. The van der Waals surface area contributed by atoms with Gasteiger partial charge in [-0.1, -0.05) is 6.07 Å². The fourth-order valence-corrected chi connectivity index (χ4v) is 5.19. The van der Waals surface area contributed by atoms with Crippen molar-refractivity contribution in [1.29, 1.82) is 0 Å². The second-order valence-corrected chi connectivity index (χ2v) is 10.7. The van der Waals surface area contributed by atoms with E-state index < -0.39 is 38.0 Å². The van der Waals surface area contributed by atoms with Gasteiger partial charge in [-0.15, -0.1) is 0 Å². The molecule has 0 saturated carbocycles. The van der Waals surface area contributed by atoms with Crippen molar-refractivity contribution in [2.45, 2.75) is 35.7 Å². The van der Waals surface area contributed by atoms with E-state index in [0.717, 1.165) is 12.8 Å². The van der Waals surface area contributed by atoms with Crippen molar-refractivity contribution in [3.8, 4) is 0 Å². The highest BCUT2D eigenvalue weighted by Gasteiger charge is 2.28. The number of anilines is 1. The molecule has 0 aromatic heterocycles. The smallest absolute Gasteiger partial charge is 0.338 e. The maximum absolute atomic E-state index is 12.7. The number of amides is 1. The summed E-state index contributed by atoms with van der Waals surface area (Å²) < 4.78 is 54.5. The number of nitrogens with one attached hydrogen (secondary N) is 1. The third-order valence-electron chi connectivity index (χ3n) is 4.88. The molecule has 1 aliphatic rings. The molecule has 0 radical (unpaired) electrons. The van der Waals surface area contributed by atoms with Crippen LogP contribution >= 0.6 is 0 Å². The summed E-state index contributed by atoms with van der Waals surface area (Å²) in [6.07, 6.45) is 0.385. The van der Waals surface area contributed by atoms with Crippen molar-refractivity contribution in [3.63, 3.8) is 0 Å². The van der Waals surface area contributed by atoms with Gasteiger partial charge in [0.2, 0.25) is 20.0 Å². The van der Waals surface area contributed by atoms with Gasteiger partial charge in [-0.2, -0.15) is 4.31 Å². The number of rotatable bonds is 7. The minimum atomic E-state index is -3.86. The van der Waals surface area contributed by atoms with Gasteiger partial charge in [0.25, 0.3) is 5.91 Å². The minimum absolute atomic E-state index is 0.00225. The molecule has 2 aromatic rings. The molecule has 10 nitrogen and oxygen atoms in total. The van der Waals surface area contributed by atoms with E-state index in [1.807, 2.05) is 0 Å². The molecule has 1 unspecified atom stereocenters. The molecular formula is C20H23N3O7S2. The van der Waals surface area contributed by atoms with Crippen molar-refractivity contribution in [1.82, 2.24) is 4.31 Å². The van der Waals surface area contributed by atoms with Crippen LogP contribution in [0.3, 0.4) is 0 Å². The van der Waals surface area contributed by atoms with E-state index in [1.54, 1.807) is 0 Å². The number of hydrogen-bond acceptors (Lipinski definition) is 7. The molecule has 1 amide bonds. The number of carbonyl (C=O) groups excluding carboxylic acids is 2. The molecule has 1 atom stereocenters. The van der Waals surface area contributed by atoms with E-state index >= 15 is 0 Å². The second-order valence-electron chi connectivity index (χ2n) is 7.25. The van der Waals surface area contributed by atoms with Crippen molar-refractivity contribution < 1.29 is 31.2 Å². The van der Waals surface area contributed by atoms with Crippen LogP contribution in [-0.4, -0.2) is 52.2 Å². The van der Waals surface area contributed by atoms with E-state index in [1.165, 1.54) is 59.8 Å². The first-order valence-electron chi connectivity index (χ1n) is 9.73. The SMILES string of the molecule is CC(OC(=O)c1cccc(S(=O)(=O)N2CCCC2)c1)C(=O)Nc1ccc(S(N)(=O)=O)cc1. The maximum atomic E-state index is 12.7.